The van der Waals surface area contributed by atoms with Crippen LogP contribution in [0.1, 0.15) is 43.9 Å². The number of aromatic nitrogens is 3. The van der Waals surface area contributed by atoms with Gasteiger partial charge in [0, 0.05) is 54.9 Å². The molecule has 0 spiro atoms. The first-order valence-corrected chi connectivity index (χ1v) is 12.7. The van der Waals surface area contributed by atoms with Crippen LogP contribution in [0.4, 0.5) is 0 Å². The lowest BCUT2D eigenvalue weighted by Gasteiger charge is -2.15. The third-order valence-electron chi connectivity index (χ3n) is 5.70. The van der Waals surface area contributed by atoms with Gasteiger partial charge in [-0.2, -0.15) is 5.10 Å². The summed E-state index contributed by atoms with van der Waals surface area (Å²) in [4.78, 5) is 13.1. The highest BCUT2D eigenvalue weighted by Gasteiger charge is 2.23. The summed E-state index contributed by atoms with van der Waals surface area (Å²) in [6.45, 7) is 4.71. The van der Waals surface area contributed by atoms with Crippen LogP contribution in [0, 0.1) is 5.92 Å². The predicted molar refractivity (Wildman–Crippen MR) is 124 cm³/mol. The second-order valence-corrected chi connectivity index (χ2v) is 11.0. The Kier molecular flexibility index (Phi) is 5.99. The van der Waals surface area contributed by atoms with Crippen molar-refractivity contribution in [2.75, 3.05) is 12.9 Å². The molecule has 2 heterocycles. The van der Waals surface area contributed by atoms with Gasteiger partial charge in [0.05, 0.1) is 17.7 Å². The highest BCUT2D eigenvalue weighted by Crippen LogP contribution is 2.35. The number of pyridine rings is 1. The van der Waals surface area contributed by atoms with Crippen molar-refractivity contribution in [3.8, 4) is 16.9 Å². The van der Waals surface area contributed by atoms with Gasteiger partial charge in [0.15, 0.2) is 9.84 Å². The van der Waals surface area contributed by atoms with E-state index in [9.17, 15) is 13.2 Å². The highest BCUT2D eigenvalue weighted by atomic mass is 32.2. The SMILES string of the molecule is CC(C)n1cc(Cc2cc(-c3cc(S(C)(=O)=O)ccc3OCC3CC3)cn(C)c2=O)cn1. The Morgan fingerprint density at radius 3 is 2.56 bits per heavy atom. The summed E-state index contributed by atoms with van der Waals surface area (Å²) in [5, 5.41) is 4.37. The molecule has 0 aliphatic heterocycles. The fourth-order valence-corrected chi connectivity index (χ4v) is 4.26. The van der Waals surface area contributed by atoms with E-state index in [1.54, 1.807) is 37.6 Å². The standard InChI is InChI=1S/C24H29N3O4S/c1-16(2)27-13-18(12-25-27)9-19-10-20(14-26(3)24(19)28)22-11-21(32(4,29)30)7-8-23(22)31-15-17-5-6-17/h7-8,10-14,16-17H,5-6,9,15H2,1-4H3. The lowest BCUT2D eigenvalue weighted by molar-refractivity contribution is 0.301. The van der Waals surface area contributed by atoms with Crippen LogP contribution in [0.15, 0.2) is 52.5 Å². The Labute approximate surface area is 188 Å². The van der Waals surface area contributed by atoms with E-state index < -0.39 is 9.84 Å². The van der Waals surface area contributed by atoms with Gasteiger partial charge >= 0.3 is 0 Å². The van der Waals surface area contributed by atoms with E-state index in [4.69, 9.17) is 4.74 Å². The highest BCUT2D eigenvalue weighted by molar-refractivity contribution is 7.90. The molecule has 1 aromatic carbocycles. The summed E-state index contributed by atoms with van der Waals surface area (Å²) in [5.74, 6) is 1.19. The van der Waals surface area contributed by atoms with E-state index in [0.29, 0.717) is 35.8 Å². The van der Waals surface area contributed by atoms with Crippen LogP contribution in [0.25, 0.3) is 11.1 Å². The van der Waals surface area contributed by atoms with Gasteiger partial charge in [0.25, 0.3) is 5.56 Å². The number of aryl methyl sites for hydroxylation is 1. The summed E-state index contributed by atoms with van der Waals surface area (Å²) in [5.41, 5.74) is 2.89. The summed E-state index contributed by atoms with van der Waals surface area (Å²) in [7, 11) is -1.68. The summed E-state index contributed by atoms with van der Waals surface area (Å²) in [6, 6.07) is 7.00. The normalized spacial score (nSPS) is 14.2. The first-order valence-electron chi connectivity index (χ1n) is 10.8. The maximum atomic E-state index is 12.8. The van der Waals surface area contributed by atoms with Gasteiger partial charge in [-0.3, -0.25) is 9.48 Å². The Balaban J connectivity index is 1.76. The molecule has 1 aliphatic rings. The maximum absolute atomic E-state index is 12.8. The Bertz CT molecular complexity index is 1300. The fourth-order valence-electron chi connectivity index (χ4n) is 3.61. The molecular weight excluding hydrogens is 426 g/mol. The van der Waals surface area contributed by atoms with Crippen LogP contribution in [-0.4, -0.2) is 35.6 Å². The van der Waals surface area contributed by atoms with Crippen LogP contribution in [0.2, 0.25) is 0 Å². The minimum atomic E-state index is -3.39. The molecule has 3 aromatic rings. The average Bonchev–Trinajstić information content (AvgIpc) is 3.44. The van der Waals surface area contributed by atoms with Gasteiger partial charge in [-0.05, 0) is 62.4 Å². The molecule has 1 aliphatic carbocycles. The molecule has 0 N–H and O–H groups in total. The maximum Gasteiger partial charge on any atom is 0.253 e. The van der Waals surface area contributed by atoms with Crippen molar-refractivity contribution in [3.63, 3.8) is 0 Å². The van der Waals surface area contributed by atoms with Crippen molar-refractivity contribution in [1.82, 2.24) is 14.3 Å². The van der Waals surface area contributed by atoms with Crippen molar-refractivity contribution >= 4 is 9.84 Å². The Hall–Kier alpha value is -2.87. The zero-order chi connectivity index (χ0) is 23.0. The van der Waals surface area contributed by atoms with Crippen LogP contribution in [-0.2, 0) is 23.3 Å². The zero-order valence-corrected chi connectivity index (χ0v) is 19.7. The Morgan fingerprint density at radius 2 is 1.94 bits per heavy atom. The third kappa shape index (κ3) is 4.96. The second kappa shape index (κ2) is 8.58. The van der Waals surface area contributed by atoms with Crippen molar-refractivity contribution in [3.05, 3.63) is 64.3 Å². The van der Waals surface area contributed by atoms with E-state index >= 15 is 0 Å². The largest absolute Gasteiger partial charge is 0.493 e. The smallest absolute Gasteiger partial charge is 0.253 e. The number of hydrogen-bond donors (Lipinski definition) is 0. The number of ether oxygens (including phenoxy) is 1. The van der Waals surface area contributed by atoms with Crippen molar-refractivity contribution < 1.29 is 13.2 Å². The topological polar surface area (TPSA) is 83.2 Å². The van der Waals surface area contributed by atoms with E-state index in [-0.39, 0.29) is 16.5 Å². The number of hydrogen-bond acceptors (Lipinski definition) is 5. The molecule has 7 nitrogen and oxygen atoms in total. The van der Waals surface area contributed by atoms with E-state index in [0.717, 1.165) is 24.0 Å². The van der Waals surface area contributed by atoms with E-state index in [2.05, 4.69) is 5.10 Å². The summed E-state index contributed by atoms with van der Waals surface area (Å²) >= 11 is 0. The molecule has 0 atom stereocenters. The number of nitrogens with zero attached hydrogens (tertiary/aromatic N) is 3. The predicted octanol–water partition coefficient (Wildman–Crippen LogP) is 3.61. The second-order valence-electron chi connectivity index (χ2n) is 8.95. The molecule has 0 bridgehead atoms. The van der Waals surface area contributed by atoms with E-state index in [1.807, 2.05) is 30.8 Å². The molecule has 1 fully saturated rings. The molecule has 32 heavy (non-hydrogen) atoms. The summed E-state index contributed by atoms with van der Waals surface area (Å²) in [6.07, 6.45) is 9.41. The van der Waals surface area contributed by atoms with Crippen molar-refractivity contribution in [2.45, 2.75) is 44.0 Å². The lowest BCUT2D eigenvalue weighted by Crippen LogP contribution is -2.21. The number of benzene rings is 1. The fraction of sp³-hybridized carbons (Fsp3) is 0.417. The molecule has 170 valence electrons. The first kappa shape index (κ1) is 22.3. The molecular formula is C24H29N3O4S. The van der Waals surface area contributed by atoms with Crippen molar-refractivity contribution in [2.24, 2.45) is 13.0 Å². The van der Waals surface area contributed by atoms with Crippen LogP contribution in [0.3, 0.4) is 0 Å². The lowest BCUT2D eigenvalue weighted by atomic mass is 10.0. The van der Waals surface area contributed by atoms with Gasteiger partial charge in [0.2, 0.25) is 0 Å². The molecule has 0 radical (unpaired) electrons. The minimum Gasteiger partial charge on any atom is -0.493 e. The molecule has 2 aromatic heterocycles. The monoisotopic (exact) mass is 455 g/mol. The molecule has 4 rings (SSSR count). The molecule has 8 heteroatoms. The number of rotatable bonds is 8. The number of sulfone groups is 1. The molecule has 0 unspecified atom stereocenters. The van der Waals surface area contributed by atoms with Gasteiger partial charge in [-0.25, -0.2) is 8.42 Å². The molecule has 1 saturated carbocycles. The van der Waals surface area contributed by atoms with Gasteiger partial charge in [-0.15, -0.1) is 0 Å². The molecule has 0 saturated heterocycles. The minimum absolute atomic E-state index is 0.0919. The van der Waals surface area contributed by atoms with Crippen LogP contribution in [0.5, 0.6) is 5.75 Å². The van der Waals surface area contributed by atoms with Crippen LogP contribution >= 0.6 is 0 Å². The van der Waals surface area contributed by atoms with Gasteiger partial charge < -0.3 is 9.30 Å². The summed E-state index contributed by atoms with van der Waals surface area (Å²) < 4.78 is 33.8. The van der Waals surface area contributed by atoms with Crippen LogP contribution < -0.4 is 10.3 Å². The van der Waals surface area contributed by atoms with Crippen molar-refractivity contribution in [1.29, 1.82) is 0 Å². The third-order valence-corrected chi connectivity index (χ3v) is 6.81. The van der Waals surface area contributed by atoms with Gasteiger partial charge in [-0.1, -0.05) is 0 Å². The quantitative estimate of drug-likeness (QED) is 0.518. The first-order chi connectivity index (χ1) is 15.1. The average molecular weight is 456 g/mol. The Morgan fingerprint density at radius 1 is 1.19 bits per heavy atom. The zero-order valence-electron chi connectivity index (χ0n) is 18.9. The molecule has 0 amide bonds. The van der Waals surface area contributed by atoms with E-state index in [1.165, 1.54) is 10.8 Å². The van der Waals surface area contributed by atoms with Gasteiger partial charge in [0.1, 0.15) is 5.75 Å².